The zero-order valence-corrected chi connectivity index (χ0v) is 13.5. The summed E-state index contributed by atoms with van der Waals surface area (Å²) < 4.78 is 13.3. The topological polar surface area (TPSA) is 53.9 Å². The highest BCUT2D eigenvalue weighted by atomic mass is 19.1. The maximum Gasteiger partial charge on any atom is 0.200 e. The molecule has 2 aromatic rings. The normalized spacial score (nSPS) is 27.0. The van der Waals surface area contributed by atoms with Crippen LogP contribution in [0.25, 0.3) is 0 Å². The largest absolute Gasteiger partial charge is 0.316 e. The lowest BCUT2D eigenvalue weighted by Crippen LogP contribution is -2.88. The van der Waals surface area contributed by atoms with Gasteiger partial charge in [-0.25, -0.2) is 9.38 Å². The average molecular weight is 325 g/mol. The van der Waals surface area contributed by atoms with Crippen molar-refractivity contribution in [3.8, 4) is 0 Å². The third-order valence-corrected chi connectivity index (χ3v) is 5.00. The van der Waals surface area contributed by atoms with Crippen molar-refractivity contribution in [2.75, 3.05) is 13.1 Å². The maximum absolute atomic E-state index is 13.3. The molecule has 1 fully saturated rings. The Labute approximate surface area is 141 Å². The van der Waals surface area contributed by atoms with Gasteiger partial charge >= 0.3 is 0 Å². The van der Waals surface area contributed by atoms with Gasteiger partial charge in [-0.2, -0.15) is 0 Å². The van der Waals surface area contributed by atoms with E-state index in [1.165, 1.54) is 30.8 Å². The highest BCUT2D eigenvalue weighted by molar-refractivity contribution is 5.77. The number of amidine groups is 1. The predicted octanol–water partition coefficient (Wildman–Crippen LogP) is 1.98. The summed E-state index contributed by atoms with van der Waals surface area (Å²) in [5.41, 5.74) is 2.27. The van der Waals surface area contributed by atoms with Crippen LogP contribution in [0.3, 0.4) is 0 Å². The first-order chi connectivity index (χ1) is 11.8. The maximum atomic E-state index is 13.3. The zero-order chi connectivity index (χ0) is 16.4. The minimum absolute atomic E-state index is 0.0513. The van der Waals surface area contributed by atoms with Crippen LogP contribution < -0.4 is 10.6 Å². The second-order valence-electron chi connectivity index (χ2n) is 6.57. The number of aromatic nitrogens is 1. The number of rotatable bonds is 3. The molecule has 3 unspecified atom stereocenters. The van der Waals surface area contributed by atoms with E-state index in [-0.39, 0.29) is 17.9 Å². The van der Waals surface area contributed by atoms with Gasteiger partial charge in [0.1, 0.15) is 17.9 Å². The molecule has 2 aliphatic heterocycles. The number of halogens is 1. The van der Waals surface area contributed by atoms with Gasteiger partial charge in [0.15, 0.2) is 0 Å². The van der Waals surface area contributed by atoms with Crippen LogP contribution in [0.4, 0.5) is 4.39 Å². The number of nitrogens with two attached hydrogens (primary N) is 1. The molecule has 0 saturated carbocycles. The fraction of sp³-hybridized carbons (Fsp3) is 0.368. The molecule has 3 heterocycles. The van der Waals surface area contributed by atoms with Gasteiger partial charge in [0.05, 0.1) is 5.92 Å². The molecule has 1 aromatic heterocycles. The minimum atomic E-state index is -0.199. The van der Waals surface area contributed by atoms with E-state index in [1.54, 1.807) is 0 Å². The van der Waals surface area contributed by atoms with Crippen molar-refractivity contribution in [3.63, 3.8) is 0 Å². The Morgan fingerprint density at radius 3 is 2.54 bits per heavy atom. The Kier molecular flexibility index (Phi) is 4.36. The third-order valence-electron chi connectivity index (χ3n) is 5.00. The van der Waals surface area contributed by atoms with Crippen LogP contribution in [-0.2, 0) is 0 Å². The van der Waals surface area contributed by atoms with E-state index in [0.717, 1.165) is 24.2 Å². The molecule has 4 rings (SSSR count). The van der Waals surface area contributed by atoms with Gasteiger partial charge in [0.25, 0.3) is 0 Å². The Hall–Kier alpha value is -2.11. The molecule has 1 saturated heterocycles. The molecule has 0 aliphatic carbocycles. The van der Waals surface area contributed by atoms with Gasteiger partial charge in [-0.15, -0.1) is 0 Å². The van der Waals surface area contributed by atoms with Crippen molar-refractivity contribution >= 4 is 5.84 Å². The molecule has 3 atom stereocenters. The van der Waals surface area contributed by atoms with E-state index >= 15 is 0 Å². The molecule has 1 aromatic carbocycles. The fourth-order valence-electron chi connectivity index (χ4n) is 3.71. The van der Waals surface area contributed by atoms with Crippen LogP contribution in [0.15, 0.2) is 53.8 Å². The standard InChI is InChI=1S/C19H21FN4/c20-16-5-3-13(4-6-16)17-18(14-7-10-21-11-8-14)24-19(23-17)15-2-1-9-22-12-15/h3-8,10-11,15,17-18,22H,1-2,9,12H2,(H,23,24)/p+1. The van der Waals surface area contributed by atoms with Crippen molar-refractivity contribution in [3.05, 3.63) is 65.7 Å². The molecule has 24 heavy (non-hydrogen) atoms. The summed E-state index contributed by atoms with van der Waals surface area (Å²) in [5, 5.41) is 5.76. The molecule has 2 aliphatic rings. The second kappa shape index (κ2) is 6.79. The fourth-order valence-corrected chi connectivity index (χ4v) is 3.71. The van der Waals surface area contributed by atoms with Crippen molar-refractivity contribution in [2.45, 2.75) is 24.9 Å². The highest BCUT2D eigenvalue weighted by Crippen LogP contribution is 2.33. The third kappa shape index (κ3) is 3.09. The van der Waals surface area contributed by atoms with Gasteiger partial charge in [0.2, 0.25) is 5.84 Å². The molecule has 3 N–H and O–H groups in total. The number of hydrogen-bond donors (Lipinski definition) is 2. The lowest BCUT2D eigenvalue weighted by molar-refractivity contribution is -0.585. The molecule has 5 heteroatoms. The molecule has 124 valence electrons. The van der Waals surface area contributed by atoms with Crippen LogP contribution in [-0.4, -0.2) is 23.9 Å². The van der Waals surface area contributed by atoms with E-state index < -0.39 is 0 Å². The SMILES string of the molecule is Fc1ccc(C2[NH2+]C(C3CCCNC3)=NC2c2ccncc2)cc1. The summed E-state index contributed by atoms with van der Waals surface area (Å²) in [4.78, 5) is 9.18. The minimum Gasteiger partial charge on any atom is -0.316 e. The summed E-state index contributed by atoms with van der Waals surface area (Å²) >= 11 is 0. The lowest BCUT2D eigenvalue weighted by Gasteiger charge is -2.21. The monoisotopic (exact) mass is 325 g/mol. The van der Waals surface area contributed by atoms with E-state index in [0.29, 0.717) is 5.92 Å². The number of piperidine rings is 1. The first kappa shape index (κ1) is 15.4. The molecular formula is C19H22FN4+. The quantitative estimate of drug-likeness (QED) is 0.907. The van der Waals surface area contributed by atoms with Crippen LogP contribution in [0, 0.1) is 11.7 Å². The zero-order valence-electron chi connectivity index (χ0n) is 13.5. The van der Waals surface area contributed by atoms with Gasteiger partial charge in [-0.05, 0) is 49.2 Å². The Morgan fingerprint density at radius 1 is 1.04 bits per heavy atom. The smallest absolute Gasteiger partial charge is 0.200 e. The first-order valence-electron chi connectivity index (χ1n) is 8.60. The van der Waals surface area contributed by atoms with Crippen molar-refractivity contribution in [1.82, 2.24) is 10.3 Å². The Balaban J connectivity index is 1.66. The van der Waals surface area contributed by atoms with E-state index in [2.05, 4.69) is 15.6 Å². The van der Waals surface area contributed by atoms with Gasteiger partial charge in [-0.1, -0.05) is 12.1 Å². The second-order valence-corrected chi connectivity index (χ2v) is 6.57. The lowest BCUT2D eigenvalue weighted by atomic mass is 9.95. The predicted molar refractivity (Wildman–Crippen MR) is 91.1 cm³/mol. The van der Waals surface area contributed by atoms with Crippen molar-refractivity contribution < 1.29 is 9.71 Å². The van der Waals surface area contributed by atoms with Crippen molar-refractivity contribution in [1.29, 1.82) is 0 Å². The number of quaternary nitrogens is 1. The molecule has 4 nitrogen and oxygen atoms in total. The Bertz CT molecular complexity index is 708. The van der Waals surface area contributed by atoms with Gasteiger partial charge < -0.3 is 5.32 Å². The molecule has 0 spiro atoms. The molecule has 0 radical (unpaired) electrons. The summed E-state index contributed by atoms with van der Waals surface area (Å²) in [6.45, 7) is 2.09. The number of nitrogens with one attached hydrogen (secondary N) is 1. The van der Waals surface area contributed by atoms with Crippen LogP contribution in [0.2, 0.25) is 0 Å². The summed E-state index contributed by atoms with van der Waals surface area (Å²) in [7, 11) is 0. The van der Waals surface area contributed by atoms with Crippen LogP contribution in [0.5, 0.6) is 0 Å². The molecule has 0 bridgehead atoms. The summed E-state index contributed by atoms with van der Waals surface area (Å²) in [6, 6.07) is 11.1. The first-order valence-corrected chi connectivity index (χ1v) is 8.60. The average Bonchev–Trinajstić information content (AvgIpc) is 3.09. The van der Waals surface area contributed by atoms with Gasteiger partial charge in [0, 0.05) is 24.5 Å². The summed E-state index contributed by atoms with van der Waals surface area (Å²) in [6.07, 6.45) is 6.00. The number of hydrogen-bond acceptors (Lipinski definition) is 3. The number of aliphatic imine (C=N–C) groups is 1. The van der Waals surface area contributed by atoms with E-state index in [9.17, 15) is 4.39 Å². The van der Waals surface area contributed by atoms with Gasteiger partial charge in [-0.3, -0.25) is 10.3 Å². The number of benzene rings is 1. The number of pyridine rings is 1. The Morgan fingerprint density at radius 2 is 1.83 bits per heavy atom. The molecule has 0 amide bonds. The van der Waals surface area contributed by atoms with Crippen molar-refractivity contribution in [2.24, 2.45) is 10.9 Å². The summed E-state index contributed by atoms with van der Waals surface area (Å²) in [5.74, 6) is 1.47. The molecular weight excluding hydrogens is 303 g/mol. The van der Waals surface area contributed by atoms with E-state index in [1.807, 2.05) is 36.7 Å². The van der Waals surface area contributed by atoms with Crippen LogP contribution in [0.1, 0.15) is 36.1 Å². The number of nitrogens with zero attached hydrogens (tertiary/aromatic N) is 2. The van der Waals surface area contributed by atoms with E-state index in [4.69, 9.17) is 4.99 Å². The highest BCUT2D eigenvalue weighted by Gasteiger charge is 2.39. The van der Waals surface area contributed by atoms with Crippen LogP contribution >= 0.6 is 0 Å².